The first-order valence-corrected chi connectivity index (χ1v) is 7.41. The van der Waals surface area contributed by atoms with Crippen LogP contribution in [0.2, 0.25) is 5.02 Å². The van der Waals surface area contributed by atoms with Gasteiger partial charge in [0.05, 0.1) is 16.3 Å². The van der Waals surface area contributed by atoms with Gasteiger partial charge in [0.2, 0.25) is 0 Å². The molecule has 3 rings (SSSR count). The molecule has 2 fully saturated rings. The van der Waals surface area contributed by atoms with E-state index in [2.05, 4.69) is 0 Å². The van der Waals surface area contributed by atoms with Gasteiger partial charge in [-0.1, -0.05) is 24.1 Å². The fourth-order valence-electron chi connectivity index (χ4n) is 3.58. The van der Waals surface area contributed by atoms with E-state index in [0.717, 1.165) is 19.4 Å². The summed E-state index contributed by atoms with van der Waals surface area (Å²) in [5.74, 6) is 0.742. The Bertz CT molecular complexity index is 503. The molecule has 2 N–H and O–H groups in total. The van der Waals surface area contributed by atoms with E-state index in [4.69, 9.17) is 17.3 Å². The summed E-state index contributed by atoms with van der Waals surface area (Å²) >= 11 is 6.18. The van der Waals surface area contributed by atoms with Crippen LogP contribution in [0.15, 0.2) is 18.2 Å². The molecule has 19 heavy (non-hydrogen) atoms. The summed E-state index contributed by atoms with van der Waals surface area (Å²) in [5.41, 5.74) is 6.82. The van der Waals surface area contributed by atoms with Gasteiger partial charge in [0.25, 0.3) is 5.91 Å². The second-order valence-corrected chi connectivity index (χ2v) is 5.99. The van der Waals surface area contributed by atoms with E-state index in [1.54, 1.807) is 18.2 Å². The molecule has 4 heteroatoms. The number of carbonyl (C=O) groups excluding carboxylic acids is 1. The Morgan fingerprint density at radius 2 is 2.05 bits per heavy atom. The lowest BCUT2D eigenvalue weighted by Crippen LogP contribution is -2.46. The normalized spacial score (nSPS) is 26.3. The van der Waals surface area contributed by atoms with Gasteiger partial charge in [0, 0.05) is 12.6 Å². The van der Waals surface area contributed by atoms with Crippen molar-refractivity contribution in [2.75, 3.05) is 12.3 Å². The van der Waals surface area contributed by atoms with Crippen LogP contribution >= 0.6 is 11.6 Å². The number of piperidine rings is 1. The topological polar surface area (TPSA) is 46.3 Å². The summed E-state index contributed by atoms with van der Waals surface area (Å²) in [6, 6.07) is 5.72. The van der Waals surface area contributed by atoms with E-state index in [0.29, 0.717) is 28.2 Å². The molecule has 1 aromatic rings. The second-order valence-electron chi connectivity index (χ2n) is 5.61. The Kier molecular flexibility index (Phi) is 3.40. The van der Waals surface area contributed by atoms with Gasteiger partial charge in [0.1, 0.15) is 0 Å². The molecule has 2 unspecified atom stereocenters. The van der Waals surface area contributed by atoms with Crippen LogP contribution in [0.3, 0.4) is 0 Å². The Balaban J connectivity index is 1.88. The molecule has 1 aromatic carbocycles. The fourth-order valence-corrected chi connectivity index (χ4v) is 3.78. The van der Waals surface area contributed by atoms with Crippen LogP contribution in [0.25, 0.3) is 0 Å². The van der Waals surface area contributed by atoms with Crippen molar-refractivity contribution in [3.8, 4) is 0 Å². The molecule has 0 radical (unpaired) electrons. The quantitative estimate of drug-likeness (QED) is 0.801. The standard InChI is InChI=1S/C15H19ClN2O/c16-14-11(6-2-7-12(14)17)15(19)18-9-3-5-10-4-1-8-13(10)18/h2,6-7,10,13H,1,3-5,8-9,17H2. The van der Waals surface area contributed by atoms with Crippen molar-refractivity contribution in [2.24, 2.45) is 5.92 Å². The van der Waals surface area contributed by atoms with E-state index in [1.165, 1.54) is 19.3 Å². The van der Waals surface area contributed by atoms with Gasteiger partial charge in [-0.2, -0.15) is 0 Å². The lowest BCUT2D eigenvalue weighted by atomic mass is 9.91. The van der Waals surface area contributed by atoms with Crippen molar-refractivity contribution in [3.63, 3.8) is 0 Å². The number of anilines is 1. The number of benzene rings is 1. The molecule has 1 saturated carbocycles. The minimum atomic E-state index is 0.0499. The number of nitrogens with two attached hydrogens (primary N) is 1. The minimum absolute atomic E-state index is 0.0499. The molecule has 0 spiro atoms. The van der Waals surface area contributed by atoms with Crippen molar-refractivity contribution >= 4 is 23.2 Å². The molecule has 102 valence electrons. The first-order chi connectivity index (χ1) is 9.18. The van der Waals surface area contributed by atoms with Crippen molar-refractivity contribution < 1.29 is 4.79 Å². The SMILES string of the molecule is Nc1cccc(C(=O)N2CCCC3CCCC32)c1Cl. The highest BCUT2D eigenvalue weighted by Gasteiger charge is 2.37. The molecule has 3 nitrogen and oxygen atoms in total. The third kappa shape index (κ3) is 2.20. The highest BCUT2D eigenvalue weighted by Crippen LogP contribution is 2.38. The Morgan fingerprint density at radius 3 is 2.89 bits per heavy atom. The van der Waals surface area contributed by atoms with Gasteiger partial charge in [-0.25, -0.2) is 0 Å². The average Bonchev–Trinajstić information content (AvgIpc) is 2.89. The van der Waals surface area contributed by atoms with Gasteiger partial charge < -0.3 is 10.6 Å². The molecule has 2 atom stereocenters. The highest BCUT2D eigenvalue weighted by molar-refractivity contribution is 6.36. The summed E-state index contributed by atoms with van der Waals surface area (Å²) in [6.45, 7) is 0.852. The molecule has 1 heterocycles. The van der Waals surface area contributed by atoms with Gasteiger partial charge in [-0.05, 0) is 43.7 Å². The number of hydrogen-bond donors (Lipinski definition) is 1. The van der Waals surface area contributed by atoms with Gasteiger partial charge in [-0.3, -0.25) is 4.79 Å². The zero-order chi connectivity index (χ0) is 13.4. The van der Waals surface area contributed by atoms with Crippen molar-refractivity contribution in [1.29, 1.82) is 0 Å². The zero-order valence-electron chi connectivity index (χ0n) is 10.9. The van der Waals surface area contributed by atoms with Crippen LogP contribution in [-0.2, 0) is 0 Å². The van der Waals surface area contributed by atoms with Crippen LogP contribution < -0.4 is 5.73 Å². The number of rotatable bonds is 1. The van der Waals surface area contributed by atoms with E-state index in [1.807, 2.05) is 4.90 Å². The third-order valence-electron chi connectivity index (χ3n) is 4.51. The van der Waals surface area contributed by atoms with Crippen LogP contribution in [0.1, 0.15) is 42.5 Å². The molecular formula is C15H19ClN2O. The average molecular weight is 279 g/mol. The molecule has 1 saturated heterocycles. The van der Waals surface area contributed by atoms with E-state index in [9.17, 15) is 4.79 Å². The fraction of sp³-hybridized carbons (Fsp3) is 0.533. The number of halogens is 1. The first-order valence-electron chi connectivity index (χ1n) is 7.03. The number of amides is 1. The van der Waals surface area contributed by atoms with E-state index in [-0.39, 0.29) is 5.91 Å². The van der Waals surface area contributed by atoms with Crippen molar-refractivity contribution in [3.05, 3.63) is 28.8 Å². The predicted molar refractivity (Wildman–Crippen MR) is 77.3 cm³/mol. The summed E-state index contributed by atoms with van der Waals surface area (Å²) in [6.07, 6.45) is 6.01. The third-order valence-corrected chi connectivity index (χ3v) is 4.93. The lowest BCUT2D eigenvalue weighted by molar-refractivity contribution is 0.0548. The number of nitrogens with zero attached hydrogens (tertiary/aromatic N) is 1. The molecule has 0 aromatic heterocycles. The number of nitrogen functional groups attached to an aromatic ring is 1. The maximum atomic E-state index is 12.7. The van der Waals surface area contributed by atoms with Crippen molar-refractivity contribution in [1.82, 2.24) is 4.90 Å². The maximum Gasteiger partial charge on any atom is 0.255 e. The van der Waals surface area contributed by atoms with Crippen LogP contribution in [0.4, 0.5) is 5.69 Å². The monoisotopic (exact) mass is 278 g/mol. The predicted octanol–water partition coefficient (Wildman–Crippen LogP) is 3.33. The minimum Gasteiger partial charge on any atom is -0.398 e. The number of fused-ring (bicyclic) bond motifs is 1. The summed E-state index contributed by atoms with van der Waals surface area (Å²) < 4.78 is 0. The van der Waals surface area contributed by atoms with Crippen molar-refractivity contribution in [2.45, 2.75) is 38.1 Å². The van der Waals surface area contributed by atoms with Gasteiger partial charge in [-0.15, -0.1) is 0 Å². The summed E-state index contributed by atoms with van der Waals surface area (Å²) in [7, 11) is 0. The van der Waals surface area contributed by atoms with Crippen LogP contribution in [-0.4, -0.2) is 23.4 Å². The number of carbonyl (C=O) groups is 1. The van der Waals surface area contributed by atoms with Crippen LogP contribution in [0.5, 0.6) is 0 Å². The van der Waals surface area contributed by atoms with Gasteiger partial charge in [0.15, 0.2) is 0 Å². The summed E-state index contributed by atoms with van der Waals surface area (Å²) in [4.78, 5) is 14.7. The number of likely N-dealkylation sites (tertiary alicyclic amines) is 1. The molecule has 0 bridgehead atoms. The first kappa shape index (κ1) is 12.8. The Labute approximate surface area is 118 Å². The molecule has 1 aliphatic carbocycles. The highest BCUT2D eigenvalue weighted by atomic mass is 35.5. The number of hydrogen-bond acceptors (Lipinski definition) is 2. The Morgan fingerprint density at radius 1 is 1.26 bits per heavy atom. The van der Waals surface area contributed by atoms with Crippen LogP contribution in [0, 0.1) is 5.92 Å². The molecule has 1 amide bonds. The molecular weight excluding hydrogens is 260 g/mol. The molecule has 1 aliphatic heterocycles. The van der Waals surface area contributed by atoms with Gasteiger partial charge >= 0.3 is 0 Å². The second kappa shape index (κ2) is 5.04. The summed E-state index contributed by atoms with van der Waals surface area (Å²) in [5, 5.41) is 0.396. The molecule has 2 aliphatic rings. The van der Waals surface area contributed by atoms with E-state index < -0.39 is 0 Å². The lowest BCUT2D eigenvalue weighted by Gasteiger charge is -2.38. The Hall–Kier alpha value is -1.22. The van der Waals surface area contributed by atoms with E-state index >= 15 is 0 Å². The largest absolute Gasteiger partial charge is 0.398 e. The zero-order valence-corrected chi connectivity index (χ0v) is 11.7. The maximum absolute atomic E-state index is 12.7. The smallest absolute Gasteiger partial charge is 0.255 e.